The Morgan fingerprint density at radius 1 is 0.812 bits per heavy atom. The normalized spacial score (nSPS) is 10.5. The van der Waals surface area contributed by atoms with Crippen molar-refractivity contribution in [3.8, 4) is 5.69 Å². The van der Waals surface area contributed by atoms with Crippen LogP contribution in [0.3, 0.4) is 0 Å². The molecule has 3 rings (SSSR count). The first-order valence-electron chi connectivity index (χ1n) is 5.25. The summed E-state index contributed by atoms with van der Waals surface area (Å²) in [6, 6.07) is 18.5. The fourth-order valence-corrected chi connectivity index (χ4v) is 1.85. The summed E-state index contributed by atoms with van der Waals surface area (Å²) in [6.07, 6.45) is 3.73. The van der Waals surface area contributed by atoms with Crippen molar-refractivity contribution in [3.05, 3.63) is 67.1 Å². The number of fused-ring (bicyclic) bond motifs is 1. The Balaban J connectivity index is 2.32. The average Bonchev–Trinajstić information content (AvgIpc) is 2.39. The summed E-state index contributed by atoms with van der Waals surface area (Å²) >= 11 is 0. The summed E-state index contributed by atoms with van der Waals surface area (Å²) in [5.41, 5.74) is 2.30. The van der Waals surface area contributed by atoms with E-state index < -0.39 is 0 Å². The van der Waals surface area contributed by atoms with Crippen LogP contribution in [0.2, 0.25) is 0 Å². The van der Waals surface area contributed by atoms with Gasteiger partial charge in [0.1, 0.15) is 11.2 Å². The van der Waals surface area contributed by atoms with Gasteiger partial charge in [-0.15, -0.1) is 0 Å². The van der Waals surface area contributed by atoms with Gasteiger partial charge in [-0.25, -0.2) is 0 Å². The van der Waals surface area contributed by atoms with Gasteiger partial charge in [0.25, 0.3) is 6.33 Å². The van der Waals surface area contributed by atoms with Crippen molar-refractivity contribution in [1.29, 1.82) is 0 Å². The first-order chi connectivity index (χ1) is 7.95. The van der Waals surface area contributed by atoms with Gasteiger partial charge in [0, 0.05) is 0 Å². The van der Waals surface area contributed by atoms with Crippen LogP contribution in [-0.2, 0) is 0 Å². The fourth-order valence-electron chi connectivity index (χ4n) is 1.85. The maximum absolute atomic E-state index is 4.25. The van der Waals surface area contributed by atoms with E-state index in [0.29, 0.717) is 0 Å². The molecule has 1 heterocycles. The Kier molecular flexibility index (Phi) is 2.11. The molecule has 2 nitrogen and oxygen atoms in total. The minimum Gasteiger partial charge on any atom is -0.195 e. The zero-order valence-electron chi connectivity index (χ0n) is 8.75. The summed E-state index contributed by atoms with van der Waals surface area (Å²) < 4.78 is 2.09. The van der Waals surface area contributed by atoms with E-state index in [0.717, 1.165) is 11.1 Å². The molecule has 16 heavy (non-hydrogen) atoms. The predicted molar refractivity (Wildman–Crippen MR) is 63.3 cm³/mol. The van der Waals surface area contributed by atoms with Crippen LogP contribution in [0.25, 0.3) is 16.6 Å². The SMILES string of the molecule is c1ccc(-[n+]2cncc3ccccc32)cc1. The van der Waals surface area contributed by atoms with Crippen LogP contribution in [0, 0.1) is 0 Å². The Bertz CT molecular complexity index is 612. The van der Waals surface area contributed by atoms with Crippen molar-refractivity contribution in [1.82, 2.24) is 4.98 Å². The van der Waals surface area contributed by atoms with Crippen LogP contribution in [0.4, 0.5) is 0 Å². The van der Waals surface area contributed by atoms with Gasteiger partial charge in [0.05, 0.1) is 5.39 Å². The Morgan fingerprint density at radius 3 is 2.44 bits per heavy atom. The summed E-state index contributed by atoms with van der Waals surface area (Å²) in [4.78, 5) is 4.25. The summed E-state index contributed by atoms with van der Waals surface area (Å²) in [7, 11) is 0. The Morgan fingerprint density at radius 2 is 1.56 bits per heavy atom. The molecule has 0 unspecified atom stereocenters. The molecule has 2 aromatic carbocycles. The van der Waals surface area contributed by atoms with Crippen LogP contribution in [0.1, 0.15) is 0 Å². The number of hydrogen-bond acceptors (Lipinski definition) is 1. The lowest BCUT2D eigenvalue weighted by Gasteiger charge is -2.01. The second-order valence-corrected chi connectivity index (χ2v) is 3.66. The van der Waals surface area contributed by atoms with Crippen molar-refractivity contribution in [2.75, 3.05) is 0 Å². The number of benzene rings is 2. The molecule has 0 aliphatic carbocycles. The van der Waals surface area contributed by atoms with E-state index in [9.17, 15) is 0 Å². The van der Waals surface area contributed by atoms with Gasteiger partial charge in [-0.3, -0.25) is 0 Å². The predicted octanol–water partition coefficient (Wildman–Crippen LogP) is 2.51. The van der Waals surface area contributed by atoms with E-state index >= 15 is 0 Å². The molecule has 0 fully saturated rings. The van der Waals surface area contributed by atoms with Gasteiger partial charge in [-0.1, -0.05) is 35.3 Å². The third-order valence-electron chi connectivity index (χ3n) is 2.63. The maximum atomic E-state index is 4.25. The number of aromatic nitrogens is 2. The minimum atomic E-state index is 1.13. The number of nitrogens with zero attached hydrogens (tertiary/aromatic N) is 2. The number of hydrogen-bond donors (Lipinski definition) is 0. The molecular formula is C14H11N2+. The summed E-state index contributed by atoms with van der Waals surface area (Å²) in [6.45, 7) is 0. The maximum Gasteiger partial charge on any atom is 0.291 e. The van der Waals surface area contributed by atoms with E-state index in [1.165, 1.54) is 5.52 Å². The van der Waals surface area contributed by atoms with Crippen LogP contribution < -0.4 is 4.57 Å². The molecule has 2 heteroatoms. The van der Waals surface area contributed by atoms with E-state index in [2.05, 4.69) is 33.8 Å². The monoisotopic (exact) mass is 207 g/mol. The third kappa shape index (κ3) is 1.44. The van der Waals surface area contributed by atoms with Gasteiger partial charge in [0.2, 0.25) is 0 Å². The van der Waals surface area contributed by atoms with E-state index in [1.807, 2.05) is 42.9 Å². The summed E-state index contributed by atoms with van der Waals surface area (Å²) in [5, 5.41) is 1.15. The molecule has 0 radical (unpaired) electrons. The zero-order chi connectivity index (χ0) is 10.8. The number of rotatable bonds is 1. The molecule has 1 aromatic heterocycles. The van der Waals surface area contributed by atoms with Gasteiger partial charge in [-0.2, -0.15) is 4.57 Å². The minimum absolute atomic E-state index is 1.13. The smallest absolute Gasteiger partial charge is 0.195 e. The Labute approximate surface area is 93.8 Å². The highest BCUT2D eigenvalue weighted by atomic mass is 15.0. The van der Waals surface area contributed by atoms with Crippen molar-refractivity contribution in [2.45, 2.75) is 0 Å². The van der Waals surface area contributed by atoms with Gasteiger partial charge < -0.3 is 0 Å². The van der Waals surface area contributed by atoms with Crippen LogP contribution >= 0.6 is 0 Å². The van der Waals surface area contributed by atoms with E-state index in [4.69, 9.17) is 0 Å². The second-order valence-electron chi connectivity index (χ2n) is 3.66. The quantitative estimate of drug-likeness (QED) is 0.560. The lowest BCUT2D eigenvalue weighted by Crippen LogP contribution is -2.31. The molecule has 0 bridgehead atoms. The first kappa shape index (κ1) is 9.04. The van der Waals surface area contributed by atoms with Crippen molar-refractivity contribution in [2.24, 2.45) is 0 Å². The second kappa shape index (κ2) is 3.74. The zero-order valence-corrected chi connectivity index (χ0v) is 8.75. The van der Waals surface area contributed by atoms with Crippen LogP contribution in [0.5, 0.6) is 0 Å². The fraction of sp³-hybridized carbons (Fsp3) is 0. The Hall–Kier alpha value is -2.22. The van der Waals surface area contributed by atoms with Crippen molar-refractivity contribution >= 4 is 10.9 Å². The molecule has 0 amide bonds. The first-order valence-corrected chi connectivity index (χ1v) is 5.25. The average molecular weight is 207 g/mol. The standard InChI is InChI=1S/C14H11N2/c1-2-7-13(8-3-1)16-11-15-10-12-6-4-5-9-14(12)16/h1-11H/q+1. The summed E-state index contributed by atoms with van der Waals surface area (Å²) in [5.74, 6) is 0. The number of para-hydroxylation sites is 2. The molecule has 0 saturated carbocycles. The largest absolute Gasteiger partial charge is 0.291 e. The molecule has 0 aliphatic heterocycles. The highest BCUT2D eigenvalue weighted by Crippen LogP contribution is 2.09. The lowest BCUT2D eigenvalue weighted by atomic mass is 10.2. The van der Waals surface area contributed by atoms with Crippen molar-refractivity contribution < 1.29 is 4.57 Å². The van der Waals surface area contributed by atoms with E-state index in [1.54, 1.807) is 0 Å². The molecule has 76 valence electrons. The molecule has 0 saturated heterocycles. The van der Waals surface area contributed by atoms with E-state index in [-0.39, 0.29) is 0 Å². The van der Waals surface area contributed by atoms with Crippen LogP contribution in [-0.4, -0.2) is 4.98 Å². The van der Waals surface area contributed by atoms with Gasteiger partial charge >= 0.3 is 0 Å². The highest BCUT2D eigenvalue weighted by Gasteiger charge is 2.07. The molecule has 3 aromatic rings. The molecule has 0 spiro atoms. The topological polar surface area (TPSA) is 16.8 Å². The molecular weight excluding hydrogens is 196 g/mol. The molecule has 0 N–H and O–H groups in total. The van der Waals surface area contributed by atoms with Crippen molar-refractivity contribution in [3.63, 3.8) is 0 Å². The lowest BCUT2D eigenvalue weighted by molar-refractivity contribution is -0.570. The van der Waals surface area contributed by atoms with Gasteiger partial charge in [0.15, 0.2) is 6.20 Å². The molecule has 0 atom stereocenters. The highest BCUT2D eigenvalue weighted by molar-refractivity contribution is 5.74. The van der Waals surface area contributed by atoms with Gasteiger partial charge in [-0.05, 0) is 24.3 Å². The third-order valence-corrected chi connectivity index (χ3v) is 2.63. The van der Waals surface area contributed by atoms with Crippen LogP contribution in [0.15, 0.2) is 67.1 Å². The molecule has 0 aliphatic rings.